The van der Waals surface area contributed by atoms with Gasteiger partial charge in [-0.2, -0.15) is 0 Å². The third kappa shape index (κ3) is 3.14. The number of hydrogen-bond donors (Lipinski definition) is 2. The summed E-state index contributed by atoms with van der Waals surface area (Å²) in [6.45, 7) is 5.53. The molecule has 1 rings (SSSR count). The lowest BCUT2D eigenvalue weighted by Crippen LogP contribution is -2.54. The second-order valence-electron chi connectivity index (χ2n) is 4.49. The highest BCUT2D eigenvalue weighted by Gasteiger charge is 2.32. The van der Waals surface area contributed by atoms with Crippen LogP contribution in [0.15, 0.2) is 0 Å². The number of nitrogens with two attached hydrogens (primary N) is 1. The van der Waals surface area contributed by atoms with Crippen LogP contribution in [0.4, 0.5) is 0 Å². The SMILES string of the molecule is CC1CCC(C(=O)NC(C)(C)C(N)=S)O1. The first kappa shape index (κ1) is 12.4. The predicted molar refractivity (Wildman–Crippen MR) is 62.6 cm³/mol. The molecule has 3 N–H and O–H groups in total. The predicted octanol–water partition coefficient (Wildman–Crippen LogP) is 0.735. The molecule has 2 atom stereocenters. The van der Waals surface area contributed by atoms with Crippen molar-refractivity contribution in [1.82, 2.24) is 5.32 Å². The van der Waals surface area contributed by atoms with Crippen molar-refractivity contribution in [3.63, 3.8) is 0 Å². The zero-order valence-corrected chi connectivity index (χ0v) is 10.2. The van der Waals surface area contributed by atoms with Crippen LogP contribution in [0.25, 0.3) is 0 Å². The van der Waals surface area contributed by atoms with Crippen molar-refractivity contribution >= 4 is 23.1 Å². The van der Waals surface area contributed by atoms with Crippen LogP contribution in [-0.2, 0) is 9.53 Å². The highest BCUT2D eigenvalue weighted by molar-refractivity contribution is 7.80. The summed E-state index contributed by atoms with van der Waals surface area (Å²) in [5.74, 6) is -0.128. The van der Waals surface area contributed by atoms with Gasteiger partial charge < -0.3 is 15.8 Å². The Bertz CT molecular complexity index is 279. The largest absolute Gasteiger partial charge is 0.391 e. The van der Waals surface area contributed by atoms with Gasteiger partial charge in [0.05, 0.1) is 16.6 Å². The molecule has 1 amide bonds. The lowest BCUT2D eigenvalue weighted by molar-refractivity contribution is -0.132. The molecular formula is C10H18N2O2S. The molecule has 86 valence electrons. The van der Waals surface area contributed by atoms with E-state index in [1.807, 2.05) is 6.92 Å². The van der Waals surface area contributed by atoms with E-state index in [1.54, 1.807) is 13.8 Å². The van der Waals surface area contributed by atoms with Gasteiger partial charge in [-0.15, -0.1) is 0 Å². The fraction of sp³-hybridized carbons (Fsp3) is 0.800. The zero-order valence-electron chi connectivity index (χ0n) is 9.37. The number of carbonyl (C=O) groups excluding carboxylic acids is 1. The first-order valence-electron chi connectivity index (χ1n) is 5.10. The van der Waals surface area contributed by atoms with Gasteiger partial charge in [-0.1, -0.05) is 12.2 Å². The fourth-order valence-corrected chi connectivity index (χ4v) is 1.50. The van der Waals surface area contributed by atoms with E-state index < -0.39 is 5.54 Å². The van der Waals surface area contributed by atoms with Crippen molar-refractivity contribution < 1.29 is 9.53 Å². The summed E-state index contributed by atoms with van der Waals surface area (Å²) < 4.78 is 5.45. The highest BCUT2D eigenvalue weighted by atomic mass is 32.1. The van der Waals surface area contributed by atoms with Gasteiger partial charge in [-0.3, -0.25) is 4.79 Å². The Morgan fingerprint density at radius 1 is 1.53 bits per heavy atom. The van der Waals surface area contributed by atoms with Crippen molar-refractivity contribution in [2.45, 2.75) is 51.4 Å². The molecular weight excluding hydrogens is 212 g/mol. The van der Waals surface area contributed by atoms with E-state index in [4.69, 9.17) is 22.7 Å². The Hall–Kier alpha value is -0.680. The van der Waals surface area contributed by atoms with Gasteiger partial charge in [0.15, 0.2) is 0 Å². The highest BCUT2D eigenvalue weighted by Crippen LogP contribution is 2.19. The van der Waals surface area contributed by atoms with Crippen molar-refractivity contribution in [2.75, 3.05) is 0 Å². The van der Waals surface area contributed by atoms with E-state index in [9.17, 15) is 4.79 Å². The maximum absolute atomic E-state index is 11.8. The summed E-state index contributed by atoms with van der Waals surface area (Å²) in [5.41, 5.74) is 4.87. The minimum Gasteiger partial charge on any atom is -0.391 e. The maximum atomic E-state index is 11.8. The molecule has 0 radical (unpaired) electrons. The smallest absolute Gasteiger partial charge is 0.249 e. The molecule has 0 aromatic rings. The van der Waals surface area contributed by atoms with E-state index >= 15 is 0 Å². The number of amides is 1. The average Bonchev–Trinajstić information content (AvgIpc) is 2.50. The molecule has 1 aliphatic rings. The summed E-state index contributed by atoms with van der Waals surface area (Å²) in [6, 6.07) is 0. The van der Waals surface area contributed by atoms with Crippen molar-refractivity contribution in [1.29, 1.82) is 0 Å². The third-order valence-electron chi connectivity index (χ3n) is 2.58. The Morgan fingerprint density at radius 3 is 2.53 bits per heavy atom. The Balaban J connectivity index is 2.52. The van der Waals surface area contributed by atoms with Gasteiger partial charge in [0.1, 0.15) is 6.10 Å². The normalized spacial score (nSPS) is 26.3. The standard InChI is InChI=1S/C10H18N2O2S/c1-6-4-5-7(14-6)8(13)12-10(2,3)9(11)15/h6-7H,4-5H2,1-3H3,(H2,11,15)(H,12,13). The second kappa shape index (κ2) is 4.45. The van der Waals surface area contributed by atoms with Crippen LogP contribution >= 0.6 is 12.2 Å². The van der Waals surface area contributed by atoms with Gasteiger partial charge in [0.2, 0.25) is 5.91 Å². The van der Waals surface area contributed by atoms with Gasteiger partial charge in [-0.25, -0.2) is 0 Å². The zero-order chi connectivity index (χ0) is 11.6. The Morgan fingerprint density at radius 2 is 2.13 bits per heavy atom. The molecule has 2 unspecified atom stereocenters. The lowest BCUT2D eigenvalue weighted by atomic mass is 10.1. The van der Waals surface area contributed by atoms with Crippen LogP contribution in [0.3, 0.4) is 0 Å². The molecule has 0 spiro atoms. The van der Waals surface area contributed by atoms with Crippen LogP contribution in [-0.4, -0.2) is 28.6 Å². The average molecular weight is 230 g/mol. The first-order chi connectivity index (χ1) is 6.83. The fourth-order valence-electron chi connectivity index (χ4n) is 1.45. The number of hydrogen-bond acceptors (Lipinski definition) is 3. The van der Waals surface area contributed by atoms with Crippen LogP contribution in [0.5, 0.6) is 0 Å². The van der Waals surface area contributed by atoms with Crippen LogP contribution in [0, 0.1) is 0 Å². The van der Waals surface area contributed by atoms with Crippen molar-refractivity contribution in [3.05, 3.63) is 0 Å². The molecule has 0 bridgehead atoms. The molecule has 15 heavy (non-hydrogen) atoms. The molecule has 0 aromatic heterocycles. The molecule has 0 aliphatic carbocycles. The summed E-state index contributed by atoms with van der Waals surface area (Å²) in [7, 11) is 0. The molecule has 4 nitrogen and oxygen atoms in total. The summed E-state index contributed by atoms with van der Waals surface area (Å²) in [6.07, 6.45) is 1.49. The summed E-state index contributed by atoms with van der Waals surface area (Å²) >= 11 is 4.87. The number of carbonyl (C=O) groups is 1. The molecule has 5 heteroatoms. The number of ether oxygens (including phenoxy) is 1. The lowest BCUT2D eigenvalue weighted by Gasteiger charge is -2.26. The van der Waals surface area contributed by atoms with Crippen LogP contribution < -0.4 is 11.1 Å². The molecule has 0 aromatic carbocycles. The van der Waals surface area contributed by atoms with E-state index in [0.29, 0.717) is 0 Å². The van der Waals surface area contributed by atoms with Gasteiger partial charge in [0, 0.05) is 0 Å². The third-order valence-corrected chi connectivity index (χ3v) is 3.09. The minimum absolute atomic E-state index is 0.128. The molecule has 1 saturated heterocycles. The Labute approximate surface area is 95.5 Å². The second-order valence-corrected chi connectivity index (χ2v) is 4.93. The van der Waals surface area contributed by atoms with Gasteiger partial charge >= 0.3 is 0 Å². The molecule has 1 heterocycles. The van der Waals surface area contributed by atoms with Crippen molar-refractivity contribution in [3.8, 4) is 0 Å². The quantitative estimate of drug-likeness (QED) is 0.702. The molecule has 1 fully saturated rings. The molecule has 1 aliphatic heterocycles. The van der Waals surface area contributed by atoms with Gasteiger partial charge in [0.25, 0.3) is 0 Å². The van der Waals surface area contributed by atoms with Crippen LogP contribution in [0.1, 0.15) is 33.6 Å². The van der Waals surface area contributed by atoms with E-state index in [1.165, 1.54) is 0 Å². The first-order valence-corrected chi connectivity index (χ1v) is 5.51. The Kier molecular flexibility index (Phi) is 3.67. The van der Waals surface area contributed by atoms with Crippen molar-refractivity contribution in [2.24, 2.45) is 5.73 Å². The minimum atomic E-state index is -0.651. The van der Waals surface area contributed by atoms with Gasteiger partial charge in [-0.05, 0) is 33.6 Å². The number of thiocarbonyl (C=S) groups is 1. The summed E-state index contributed by atoms with van der Waals surface area (Å²) in [5, 5.41) is 2.79. The van der Waals surface area contributed by atoms with E-state index in [2.05, 4.69) is 5.32 Å². The molecule has 0 saturated carbocycles. The monoisotopic (exact) mass is 230 g/mol. The van der Waals surface area contributed by atoms with E-state index in [-0.39, 0.29) is 23.1 Å². The van der Waals surface area contributed by atoms with Crippen LogP contribution in [0.2, 0.25) is 0 Å². The maximum Gasteiger partial charge on any atom is 0.249 e. The topological polar surface area (TPSA) is 64.4 Å². The van der Waals surface area contributed by atoms with E-state index in [0.717, 1.165) is 12.8 Å². The number of nitrogens with one attached hydrogen (secondary N) is 1. The number of rotatable bonds is 3. The summed E-state index contributed by atoms with van der Waals surface area (Å²) in [4.78, 5) is 12.0.